The van der Waals surface area contributed by atoms with E-state index < -0.39 is 15.4 Å². The van der Waals surface area contributed by atoms with E-state index in [2.05, 4.69) is 61.6 Å². The second-order valence-electron chi connectivity index (χ2n) is 9.36. The fraction of sp³-hybridized carbons (Fsp3) is 0.684. The van der Waals surface area contributed by atoms with Gasteiger partial charge in [0.1, 0.15) is 5.75 Å². The van der Waals surface area contributed by atoms with Crippen LogP contribution in [0.4, 0.5) is 0 Å². The first-order valence-electron chi connectivity index (χ1n) is 8.93. The molecule has 1 aliphatic heterocycles. The lowest BCUT2D eigenvalue weighted by atomic mass is 9.79. The average molecular weight is 364 g/mol. The minimum atomic E-state index is -1.93. The van der Waals surface area contributed by atoms with Crippen LogP contribution in [0.15, 0.2) is 18.2 Å². The highest BCUT2D eigenvalue weighted by Crippen LogP contribution is 2.40. The Balaban J connectivity index is 2.29. The minimum Gasteiger partial charge on any atom is -0.541 e. The largest absolute Gasteiger partial charge is 0.541 e. The Morgan fingerprint density at radius 3 is 1.92 bits per heavy atom. The number of rotatable bonds is 4. The number of hydrogen-bond acceptors (Lipinski definition) is 4. The molecule has 140 valence electrons. The van der Waals surface area contributed by atoms with Crippen molar-refractivity contribution in [1.82, 2.24) is 0 Å². The molecule has 1 aliphatic rings. The Morgan fingerprint density at radius 1 is 0.960 bits per heavy atom. The topological polar surface area (TPSA) is 36.9 Å². The summed E-state index contributed by atoms with van der Waals surface area (Å²) >= 11 is 0. The SMILES string of the molecule is COc1cc(B2OC(C)(C)C(C)(C)O2)ccc1O[Si](C)(C)C(C)(C)C. The summed E-state index contributed by atoms with van der Waals surface area (Å²) in [6, 6.07) is 5.94. The van der Waals surface area contributed by atoms with Crippen molar-refractivity contribution in [1.29, 1.82) is 0 Å². The van der Waals surface area contributed by atoms with Crippen molar-refractivity contribution in [3.63, 3.8) is 0 Å². The average Bonchev–Trinajstić information content (AvgIpc) is 2.66. The second-order valence-corrected chi connectivity index (χ2v) is 14.1. The zero-order valence-corrected chi connectivity index (χ0v) is 18.4. The highest BCUT2D eigenvalue weighted by Gasteiger charge is 2.52. The molecule has 2 rings (SSSR count). The van der Waals surface area contributed by atoms with Crippen LogP contribution in [0.25, 0.3) is 0 Å². The third-order valence-corrected chi connectivity index (χ3v) is 10.2. The van der Waals surface area contributed by atoms with Gasteiger partial charge in [-0.2, -0.15) is 0 Å². The van der Waals surface area contributed by atoms with Gasteiger partial charge in [-0.3, -0.25) is 0 Å². The van der Waals surface area contributed by atoms with Crippen LogP contribution in [0.3, 0.4) is 0 Å². The van der Waals surface area contributed by atoms with Gasteiger partial charge in [0.05, 0.1) is 18.3 Å². The summed E-state index contributed by atoms with van der Waals surface area (Å²) in [6.45, 7) is 19.4. The standard InChI is InChI=1S/C19H33BO4Si/c1-17(2,3)25(9,10)22-15-12-11-14(13-16(15)21-8)20-23-18(4,5)19(6,7)24-20/h11-13H,1-10H3. The zero-order chi connectivity index (χ0) is 19.3. The molecule has 4 nitrogen and oxygen atoms in total. The molecule has 25 heavy (non-hydrogen) atoms. The Morgan fingerprint density at radius 2 is 1.48 bits per heavy atom. The number of hydrogen-bond donors (Lipinski definition) is 0. The van der Waals surface area contributed by atoms with Crippen LogP contribution in [0, 0.1) is 0 Å². The van der Waals surface area contributed by atoms with E-state index >= 15 is 0 Å². The van der Waals surface area contributed by atoms with E-state index in [0.717, 1.165) is 17.0 Å². The molecule has 0 N–H and O–H groups in total. The maximum Gasteiger partial charge on any atom is 0.494 e. The highest BCUT2D eigenvalue weighted by molar-refractivity contribution is 6.74. The van der Waals surface area contributed by atoms with Gasteiger partial charge in [-0.15, -0.1) is 0 Å². The third-order valence-electron chi connectivity index (χ3n) is 5.88. The van der Waals surface area contributed by atoms with Crippen molar-refractivity contribution in [3.05, 3.63) is 18.2 Å². The predicted molar refractivity (Wildman–Crippen MR) is 107 cm³/mol. The monoisotopic (exact) mass is 364 g/mol. The highest BCUT2D eigenvalue weighted by atomic mass is 28.4. The van der Waals surface area contributed by atoms with E-state index in [9.17, 15) is 0 Å². The summed E-state index contributed by atoms with van der Waals surface area (Å²) in [4.78, 5) is 0. The summed E-state index contributed by atoms with van der Waals surface area (Å²) in [5.41, 5.74) is 0.223. The van der Waals surface area contributed by atoms with Crippen molar-refractivity contribution in [2.45, 2.75) is 77.8 Å². The van der Waals surface area contributed by atoms with Gasteiger partial charge >= 0.3 is 7.12 Å². The fourth-order valence-corrected chi connectivity index (χ4v) is 3.35. The van der Waals surface area contributed by atoms with Crippen LogP contribution in [0.5, 0.6) is 11.5 Å². The van der Waals surface area contributed by atoms with Crippen molar-refractivity contribution < 1.29 is 18.5 Å². The van der Waals surface area contributed by atoms with E-state index in [4.69, 9.17) is 18.5 Å². The van der Waals surface area contributed by atoms with Gasteiger partial charge in [0.2, 0.25) is 0 Å². The quantitative estimate of drug-likeness (QED) is 0.743. The molecule has 0 atom stereocenters. The van der Waals surface area contributed by atoms with Gasteiger partial charge in [-0.25, -0.2) is 0 Å². The summed E-state index contributed by atoms with van der Waals surface area (Å²) in [5, 5.41) is 0.127. The molecule has 1 aromatic carbocycles. The van der Waals surface area contributed by atoms with Crippen LogP contribution in [-0.4, -0.2) is 33.7 Å². The molecule has 0 amide bonds. The Kier molecular flexibility index (Phi) is 5.14. The van der Waals surface area contributed by atoms with Crippen LogP contribution < -0.4 is 14.6 Å². The van der Waals surface area contributed by atoms with Crippen LogP contribution in [0.2, 0.25) is 18.1 Å². The molecular formula is C19H33BO4Si. The number of benzene rings is 1. The fourth-order valence-electron chi connectivity index (χ4n) is 2.32. The Labute approximate surface area is 154 Å². The number of methoxy groups -OCH3 is 1. The second kappa shape index (κ2) is 6.32. The molecular weight excluding hydrogens is 331 g/mol. The first kappa shape index (κ1) is 20.3. The predicted octanol–water partition coefficient (Wildman–Crippen LogP) is 4.38. The molecule has 0 saturated carbocycles. The van der Waals surface area contributed by atoms with Gasteiger partial charge in [0.25, 0.3) is 8.32 Å². The first-order valence-corrected chi connectivity index (χ1v) is 11.8. The van der Waals surface area contributed by atoms with Crippen molar-refractivity contribution in [3.8, 4) is 11.5 Å². The first-order chi connectivity index (χ1) is 11.2. The van der Waals surface area contributed by atoms with Crippen LogP contribution in [-0.2, 0) is 9.31 Å². The number of ether oxygens (including phenoxy) is 1. The summed E-state index contributed by atoms with van der Waals surface area (Å²) < 4.78 is 24.3. The molecule has 1 saturated heterocycles. The van der Waals surface area contributed by atoms with Crippen LogP contribution in [0.1, 0.15) is 48.5 Å². The van der Waals surface area contributed by atoms with E-state index in [1.807, 2.05) is 18.2 Å². The molecule has 0 aliphatic carbocycles. The molecule has 1 aromatic rings. The van der Waals surface area contributed by atoms with E-state index in [1.54, 1.807) is 7.11 Å². The van der Waals surface area contributed by atoms with E-state index in [1.165, 1.54) is 0 Å². The molecule has 1 fully saturated rings. The summed E-state index contributed by atoms with van der Waals surface area (Å²) in [6.07, 6.45) is 0. The van der Waals surface area contributed by atoms with Crippen LogP contribution >= 0.6 is 0 Å². The van der Waals surface area contributed by atoms with E-state index in [-0.39, 0.29) is 16.2 Å². The molecule has 0 unspecified atom stereocenters. The molecule has 1 heterocycles. The minimum absolute atomic E-state index is 0.127. The Bertz CT molecular complexity index is 619. The maximum atomic E-state index is 6.42. The molecule has 0 aromatic heterocycles. The third kappa shape index (κ3) is 3.91. The van der Waals surface area contributed by atoms with Crippen molar-refractivity contribution in [2.24, 2.45) is 0 Å². The summed E-state index contributed by atoms with van der Waals surface area (Å²) in [5.74, 6) is 1.51. The summed E-state index contributed by atoms with van der Waals surface area (Å²) in [7, 11) is -0.664. The molecule has 0 spiro atoms. The van der Waals surface area contributed by atoms with Gasteiger partial charge in [-0.05, 0) is 63.4 Å². The smallest absolute Gasteiger partial charge is 0.494 e. The lowest BCUT2D eigenvalue weighted by Gasteiger charge is -2.36. The zero-order valence-electron chi connectivity index (χ0n) is 17.4. The van der Waals surface area contributed by atoms with E-state index in [0.29, 0.717) is 0 Å². The molecule has 6 heteroatoms. The van der Waals surface area contributed by atoms with Gasteiger partial charge < -0.3 is 18.5 Å². The van der Waals surface area contributed by atoms with Gasteiger partial charge in [0.15, 0.2) is 5.75 Å². The molecule has 0 bridgehead atoms. The maximum absolute atomic E-state index is 6.42. The normalized spacial score (nSPS) is 19.8. The van der Waals surface area contributed by atoms with Crippen molar-refractivity contribution >= 4 is 20.9 Å². The lowest BCUT2D eigenvalue weighted by molar-refractivity contribution is 0.00578. The lowest BCUT2D eigenvalue weighted by Crippen LogP contribution is -2.44. The van der Waals surface area contributed by atoms with Gasteiger partial charge in [-0.1, -0.05) is 26.8 Å². The molecule has 0 radical (unpaired) electrons. The van der Waals surface area contributed by atoms with Gasteiger partial charge in [0, 0.05) is 0 Å². The van der Waals surface area contributed by atoms with Crippen molar-refractivity contribution in [2.75, 3.05) is 7.11 Å². The Hall–Kier alpha value is -0.978.